The van der Waals surface area contributed by atoms with E-state index in [2.05, 4.69) is 27.1 Å². The molecule has 2 amide bonds. The van der Waals surface area contributed by atoms with E-state index in [0.717, 1.165) is 11.3 Å². The number of hydrogen-bond acceptors (Lipinski definition) is 3. The number of amidine groups is 1. The summed E-state index contributed by atoms with van der Waals surface area (Å²) in [6.07, 6.45) is 0. The van der Waals surface area contributed by atoms with E-state index in [-0.39, 0.29) is 0 Å². The Balaban J connectivity index is 2.34. The largest absolute Gasteiger partial charge is 0.365 e. The van der Waals surface area contributed by atoms with Gasteiger partial charge in [0.05, 0.1) is 5.69 Å². The smallest absolute Gasteiger partial charge is 0.287 e. The highest BCUT2D eigenvalue weighted by atomic mass is 16.2. The molecule has 1 aliphatic heterocycles. The molecule has 80 valence electrons. The van der Waals surface area contributed by atoms with E-state index >= 15 is 0 Å². The number of aliphatic imine (C=N–C) groups is 1. The van der Waals surface area contributed by atoms with Crippen LogP contribution < -0.4 is 5.32 Å². The monoisotopic (exact) mass is 214 g/mol. The number of aryl methyl sites for hydroxylation is 1. The summed E-state index contributed by atoms with van der Waals surface area (Å²) < 4.78 is 0. The van der Waals surface area contributed by atoms with Crippen molar-refractivity contribution >= 4 is 17.6 Å². The van der Waals surface area contributed by atoms with E-state index < -0.39 is 6.03 Å². The van der Waals surface area contributed by atoms with E-state index in [4.69, 9.17) is 0 Å². The number of carbonyl (C=O) groups excluding carboxylic acids is 1. The summed E-state index contributed by atoms with van der Waals surface area (Å²) in [4.78, 5) is 15.2. The van der Waals surface area contributed by atoms with Crippen molar-refractivity contribution in [1.82, 2.24) is 5.32 Å². The maximum atomic E-state index is 11.0. The van der Waals surface area contributed by atoms with Crippen molar-refractivity contribution in [3.05, 3.63) is 42.1 Å². The van der Waals surface area contributed by atoms with E-state index in [1.54, 1.807) is 0 Å². The highest BCUT2D eigenvalue weighted by Gasteiger charge is 2.14. The molecular formula is C11H10N4O. The topological polar surface area (TPSA) is 66.2 Å². The standard InChI is InChI=1S/C11H10N4O/c1-7-4-3-5-9(6-7)12-10-8(2)14-15-11(16)13-10/h3-6H,2H2,1H3,(H,12,13,16). The number of nitrogens with zero attached hydrogens (tertiary/aromatic N) is 3. The first-order chi connectivity index (χ1) is 7.65. The van der Waals surface area contributed by atoms with Crippen LogP contribution in [0.1, 0.15) is 5.56 Å². The third kappa shape index (κ3) is 2.20. The fourth-order valence-electron chi connectivity index (χ4n) is 1.27. The molecule has 0 atom stereocenters. The van der Waals surface area contributed by atoms with Crippen molar-refractivity contribution in [1.29, 1.82) is 0 Å². The van der Waals surface area contributed by atoms with Crippen LogP contribution in [0.3, 0.4) is 0 Å². The third-order valence-electron chi connectivity index (χ3n) is 2.00. The summed E-state index contributed by atoms with van der Waals surface area (Å²) in [5, 5.41) is 9.40. The lowest BCUT2D eigenvalue weighted by molar-refractivity contribution is 0.251. The quantitative estimate of drug-likeness (QED) is 0.767. The first-order valence-electron chi connectivity index (χ1n) is 4.72. The zero-order valence-corrected chi connectivity index (χ0v) is 8.77. The van der Waals surface area contributed by atoms with Gasteiger partial charge in [0.1, 0.15) is 5.70 Å². The summed E-state index contributed by atoms with van der Waals surface area (Å²) in [6, 6.07) is 7.07. The van der Waals surface area contributed by atoms with Crippen LogP contribution in [0.5, 0.6) is 0 Å². The van der Waals surface area contributed by atoms with E-state index in [1.807, 2.05) is 31.2 Å². The van der Waals surface area contributed by atoms with Crippen LogP contribution in [0.4, 0.5) is 10.5 Å². The van der Waals surface area contributed by atoms with Gasteiger partial charge in [0, 0.05) is 0 Å². The Labute approximate surface area is 92.6 Å². The van der Waals surface area contributed by atoms with Gasteiger partial charge in [-0.15, -0.1) is 5.11 Å². The Morgan fingerprint density at radius 1 is 1.38 bits per heavy atom. The van der Waals surface area contributed by atoms with Gasteiger partial charge in [-0.1, -0.05) is 23.8 Å². The molecule has 1 N–H and O–H groups in total. The second kappa shape index (κ2) is 4.06. The molecular weight excluding hydrogens is 204 g/mol. The molecule has 1 heterocycles. The number of carbonyl (C=O) groups is 1. The molecule has 0 radical (unpaired) electrons. The van der Waals surface area contributed by atoms with Gasteiger partial charge in [-0.05, 0) is 24.6 Å². The number of hydrogen-bond donors (Lipinski definition) is 1. The fraction of sp³-hybridized carbons (Fsp3) is 0.0909. The second-order valence-electron chi connectivity index (χ2n) is 3.38. The Kier molecular flexibility index (Phi) is 2.59. The lowest BCUT2D eigenvalue weighted by Gasteiger charge is -2.09. The van der Waals surface area contributed by atoms with Crippen LogP contribution in [-0.2, 0) is 0 Å². The molecule has 0 saturated carbocycles. The minimum absolute atomic E-state index is 0.339. The Hall–Kier alpha value is -2.30. The lowest BCUT2D eigenvalue weighted by atomic mass is 10.2. The minimum atomic E-state index is -0.529. The Morgan fingerprint density at radius 3 is 2.94 bits per heavy atom. The molecule has 0 aromatic heterocycles. The van der Waals surface area contributed by atoms with Crippen LogP contribution in [0, 0.1) is 6.92 Å². The van der Waals surface area contributed by atoms with Crippen molar-refractivity contribution in [3.63, 3.8) is 0 Å². The number of benzene rings is 1. The van der Waals surface area contributed by atoms with Gasteiger partial charge >= 0.3 is 6.03 Å². The van der Waals surface area contributed by atoms with Gasteiger partial charge < -0.3 is 0 Å². The predicted octanol–water partition coefficient (Wildman–Crippen LogP) is 2.71. The fourth-order valence-corrected chi connectivity index (χ4v) is 1.27. The minimum Gasteiger partial charge on any atom is -0.287 e. The van der Waals surface area contributed by atoms with Gasteiger partial charge in [-0.2, -0.15) is 0 Å². The molecule has 1 aromatic rings. The average Bonchev–Trinajstić information content (AvgIpc) is 2.24. The molecule has 2 rings (SSSR count). The van der Waals surface area contributed by atoms with Crippen LogP contribution in [0.2, 0.25) is 0 Å². The van der Waals surface area contributed by atoms with Crippen molar-refractivity contribution in [2.45, 2.75) is 6.92 Å². The Bertz CT molecular complexity index is 516. The highest BCUT2D eigenvalue weighted by molar-refractivity contribution is 6.09. The average molecular weight is 214 g/mol. The van der Waals surface area contributed by atoms with E-state index in [0.29, 0.717) is 11.5 Å². The number of nitrogens with one attached hydrogen (secondary N) is 1. The van der Waals surface area contributed by atoms with Crippen molar-refractivity contribution in [2.75, 3.05) is 0 Å². The molecule has 0 saturated heterocycles. The molecule has 5 heteroatoms. The van der Waals surface area contributed by atoms with Crippen LogP contribution >= 0.6 is 0 Å². The predicted molar refractivity (Wildman–Crippen MR) is 60.8 cm³/mol. The first kappa shape index (κ1) is 10.2. The van der Waals surface area contributed by atoms with Crippen molar-refractivity contribution in [3.8, 4) is 0 Å². The first-order valence-corrected chi connectivity index (χ1v) is 4.72. The summed E-state index contributed by atoms with van der Waals surface area (Å²) in [6.45, 7) is 5.61. The Morgan fingerprint density at radius 2 is 2.19 bits per heavy atom. The molecule has 0 spiro atoms. The molecule has 1 aliphatic rings. The van der Waals surface area contributed by atoms with E-state index in [9.17, 15) is 4.79 Å². The third-order valence-corrected chi connectivity index (χ3v) is 2.00. The van der Waals surface area contributed by atoms with Crippen molar-refractivity contribution in [2.24, 2.45) is 15.2 Å². The molecule has 0 fully saturated rings. The maximum Gasteiger partial charge on any atom is 0.365 e. The van der Waals surface area contributed by atoms with Gasteiger partial charge in [-0.25, -0.2) is 9.79 Å². The molecule has 5 nitrogen and oxygen atoms in total. The number of azo groups is 1. The zero-order valence-electron chi connectivity index (χ0n) is 8.77. The number of amides is 2. The van der Waals surface area contributed by atoms with Crippen LogP contribution in [0.15, 0.2) is 51.8 Å². The normalized spacial score (nSPS) is 17.7. The maximum absolute atomic E-state index is 11.0. The SMILES string of the molecule is C=C1N=NC(=O)NC1=Nc1cccc(C)c1. The zero-order chi connectivity index (χ0) is 11.5. The molecule has 16 heavy (non-hydrogen) atoms. The number of rotatable bonds is 1. The highest BCUT2D eigenvalue weighted by Crippen LogP contribution is 2.15. The summed E-state index contributed by atoms with van der Waals surface area (Å²) >= 11 is 0. The number of urea groups is 1. The van der Waals surface area contributed by atoms with Gasteiger partial charge in [0.25, 0.3) is 0 Å². The van der Waals surface area contributed by atoms with Crippen molar-refractivity contribution < 1.29 is 4.79 Å². The summed E-state index contributed by atoms with van der Waals surface area (Å²) in [5.41, 5.74) is 2.19. The molecule has 0 aliphatic carbocycles. The van der Waals surface area contributed by atoms with Gasteiger partial charge in [0.15, 0.2) is 5.84 Å². The van der Waals surface area contributed by atoms with E-state index in [1.165, 1.54) is 0 Å². The molecule has 0 bridgehead atoms. The molecule has 1 aromatic carbocycles. The second-order valence-corrected chi connectivity index (χ2v) is 3.38. The van der Waals surface area contributed by atoms with Crippen LogP contribution in [0.25, 0.3) is 0 Å². The molecule has 0 unspecified atom stereocenters. The van der Waals surface area contributed by atoms with Gasteiger partial charge in [0.2, 0.25) is 0 Å². The summed E-state index contributed by atoms with van der Waals surface area (Å²) in [5.74, 6) is 0.339. The van der Waals surface area contributed by atoms with Gasteiger partial charge in [-0.3, -0.25) is 5.32 Å². The van der Waals surface area contributed by atoms with Crippen LogP contribution in [-0.4, -0.2) is 11.9 Å². The lowest BCUT2D eigenvalue weighted by Crippen LogP contribution is -2.31. The summed E-state index contributed by atoms with van der Waals surface area (Å²) in [7, 11) is 0.